The normalized spacial score (nSPS) is 11.9. The minimum atomic E-state index is -0.281. The van der Waals surface area contributed by atoms with Gasteiger partial charge in [0.2, 0.25) is 0 Å². The molecule has 2 aromatic carbocycles. The van der Waals surface area contributed by atoms with Gasteiger partial charge in [-0.15, -0.1) is 0 Å². The number of nitrogens with one attached hydrogen (secondary N) is 2. The highest BCUT2D eigenvalue weighted by atomic mass is 35.5. The van der Waals surface area contributed by atoms with Crippen LogP contribution in [0.2, 0.25) is 5.02 Å². The quantitative estimate of drug-likeness (QED) is 0.645. The highest BCUT2D eigenvalue weighted by Crippen LogP contribution is 2.28. The van der Waals surface area contributed by atoms with E-state index in [0.717, 1.165) is 5.56 Å². The summed E-state index contributed by atoms with van der Waals surface area (Å²) < 4.78 is 10.4. The highest BCUT2D eigenvalue weighted by Gasteiger charge is 2.18. The molecule has 2 aromatic rings. The molecule has 6 heteroatoms. The predicted octanol–water partition coefficient (Wildman–Crippen LogP) is 4.88. The van der Waals surface area contributed by atoms with Crippen molar-refractivity contribution in [2.75, 3.05) is 25.6 Å². The fourth-order valence-corrected chi connectivity index (χ4v) is 2.77. The third-order valence-corrected chi connectivity index (χ3v) is 4.14. The molecule has 0 aromatic heterocycles. The van der Waals surface area contributed by atoms with E-state index in [9.17, 15) is 4.79 Å². The van der Waals surface area contributed by atoms with E-state index in [1.165, 1.54) is 0 Å². The van der Waals surface area contributed by atoms with Gasteiger partial charge < -0.3 is 20.1 Å². The molecule has 2 rings (SSSR count). The van der Waals surface area contributed by atoms with Crippen molar-refractivity contribution in [3.63, 3.8) is 0 Å². The van der Waals surface area contributed by atoms with E-state index in [1.807, 2.05) is 30.3 Å². The first-order valence-corrected chi connectivity index (χ1v) is 8.92. The summed E-state index contributed by atoms with van der Waals surface area (Å²) in [6.45, 7) is 5.04. The molecule has 0 aliphatic rings. The molecule has 0 saturated heterocycles. The molecular formula is C20H25ClN2O3. The maximum atomic E-state index is 12.4. The van der Waals surface area contributed by atoms with Crippen molar-refractivity contribution in [3.05, 3.63) is 59.1 Å². The van der Waals surface area contributed by atoms with Gasteiger partial charge in [-0.25, -0.2) is 4.79 Å². The number of rotatable bonds is 8. The first-order chi connectivity index (χ1) is 12.5. The summed E-state index contributed by atoms with van der Waals surface area (Å²) in [4.78, 5) is 12.4. The molecule has 0 fully saturated rings. The van der Waals surface area contributed by atoms with Crippen LogP contribution >= 0.6 is 11.6 Å². The Hall–Kier alpha value is -2.24. The Labute approximate surface area is 159 Å². The van der Waals surface area contributed by atoms with E-state index in [0.29, 0.717) is 29.7 Å². The number of anilines is 1. The maximum Gasteiger partial charge on any atom is 0.319 e. The Morgan fingerprint density at radius 1 is 1.12 bits per heavy atom. The Balaban J connectivity index is 1.99. The summed E-state index contributed by atoms with van der Waals surface area (Å²) in [5, 5.41) is 6.27. The van der Waals surface area contributed by atoms with Crippen LogP contribution in [0.1, 0.15) is 25.5 Å². The number of hydrogen-bond acceptors (Lipinski definition) is 3. The topological polar surface area (TPSA) is 59.6 Å². The number of carbonyl (C=O) groups is 1. The molecule has 1 atom stereocenters. The second-order valence-corrected chi connectivity index (χ2v) is 6.62. The molecule has 0 heterocycles. The molecule has 0 aliphatic carbocycles. The molecule has 0 radical (unpaired) electrons. The molecular weight excluding hydrogens is 352 g/mol. The van der Waals surface area contributed by atoms with E-state index >= 15 is 0 Å². The minimum absolute atomic E-state index is 0.0803. The van der Waals surface area contributed by atoms with Crippen LogP contribution in [-0.4, -0.2) is 26.4 Å². The number of ether oxygens (including phenoxy) is 2. The van der Waals surface area contributed by atoms with Crippen LogP contribution in [0.5, 0.6) is 5.75 Å². The zero-order chi connectivity index (χ0) is 18.9. The summed E-state index contributed by atoms with van der Waals surface area (Å²) in [6.07, 6.45) is 0. The minimum Gasteiger partial charge on any atom is -0.490 e. The van der Waals surface area contributed by atoms with E-state index in [1.54, 1.807) is 25.3 Å². The van der Waals surface area contributed by atoms with Crippen molar-refractivity contribution >= 4 is 23.3 Å². The van der Waals surface area contributed by atoms with Crippen LogP contribution in [-0.2, 0) is 4.74 Å². The molecule has 1 unspecified atom stereocenters. The van der Waals surface area contributed by atoms with Crippen LogP contribution in [0, 0.1) is 5.92 Å². The van der Waals surface area contributed by atoms with Gasteiger partial charge in [-0.3, -0.25) is 0 Å². The smallest absolute Gasteiger partial charge is 0.319 e. The number of benzene rings is 2. The van der Waals surface area contributed by atoms with Crippen LogP contribution in [0.4, 0.5) is 10.5 Å². The average Bonchev–Trinajstić information content (AvgIpc) is 2.62. The van der Waals surface area contributed by atoms with Gasteiger partial charge in [0.15, 0.2) is 0 Å². The van der Waals surface area contributed by atoms with Crippen molar-refractivity contribution in [2.45, 2.75) is 19.9 Å². The van der Waals surface area contributed by atoms with Crippen LogP contribution in [0.25, 0.3) is 0 Å². The highest BCUT2D eigenvalue weighted by molar-refractivity contribution is 6.32. The Bertz CT molecular complexity index is 707. The van der Waals surface area contributed by atoms with Gasteiger partial charge in [-0.05, 0) is 29.7 Å². The van der Waals surface area contributed by atoms with Crippen molar-refractivity contribution in [2.24, 2.45) is 5.92 Å². The number of halogens is 1. The van der Waals surface area contributed by atoms with Gasteiger partial charge in [0, 0.05) is 12.8 Å². The van der Waals surface area contributed by atoms with Crippen LogP contribution < -0.4 is 15.4 Å². The standard InChI is InChI=1S/C20H25ClN2O3/c1-14(2)19(15-7-5-4-6-8-15)23-20(24)22-16-9-10-18(17(21)13-16)26-12-11-25-3/h4-10,13-14,19H,11-12H2,1-3H3,(H2,22,23,24). The molecule has 0 aliphatic heterocycles. The van der Waals surface area contributed by atoms with Gasteiger partial charge in [0.1, 0.15) is 12.4 Å². The zero-order valence-corrected chi connectivity index (χ0v) is 16.0. The Morgan fingerprint density at radius 2 is 1.85 bits per heavy atom. The summed E-state index contributed by atoms with van der Waals surface area (Å²) >= 11 is 6.21. The first kappa shape index (κ1) is 20.1. The number of methoxy groups -OCH3 is 1. The van der Waals surface area contributed by atoms with Crippen molar-refractivity contribution in [3.8, 4) is 5.75 Å². The first-order valence-electron chi connectivity index (χ1n) is 8.55. The summed E-state index contributed by atoms with van der Waals surface area (Å²) in [6, 6.07) is 14.7. The summed E-state index contributed by atoms with van der Waals surface area (Å²) in [5.41, 5.74) is 1.67. The van der Waals surface area contributed by atoms with Crippen molar-refractivity contribution in [1.82, 2.24) is 5.32 Å². The lowest BCUT2D eigenvalue weighted by Gasteiger charge is -2.23. The van der Waals surface area contributed by atoms with E-state index in [2.05, 4.69) is 24.5 Å². The molecule has 2 amide bonds. The number of urea groups is 1. The monoisotopic (exact) mass is 376 g/mol. The Morgan fingerprint density at radius 3 is 2.46 bits per heavy atom. The number of carbonyl (C=O) groups excluding carboxylic acids is 1. The van der Waals surface area contributed by atoms with Crippen molar-refractivity contribution in [1.29, 1.82) is 0 Å². The fraction of sp³-hybridized carbons (Fsp3) is 0.350. The van der Waals surface area contributed by atoms with Gasteiger partial charge in [-0.1, -0.05) is 55.8 Å². The zero-order valence-electron chi connectivity index (χ0n) is 15.3. The van der Waals surface area contributed by atoms with Crippen LogP contribution in [0.3, 0.4) is 0 Å². The SMILES string of the molecule is COCCOc1ccc(NC(=O)NC(c2ccccc2)C(C)C)cc1Cl. The lowest BCUT2D eigenvalue weighted by atomic mass is 9.96. The van der Waals surface area contributed by atoms with Gasteiger partial charge >= 0.3 is 6.03 Å². The lowest BCUT2D eigenvalue weighted by molar-refractivity contribution is 0.146. The fourth-order valence-electron chi connectivity index (χ4n) is 2.53. The molecule has 26 heavy (non-hydrogen) atoms. The van der Waals surface area contributed by atoms with E-state index < -0.39 is 0 Å². The van der Waals surface area contributed by atoms with Gasteiger partial charge in [0.05, 0.1) is 17.7 Å². The summed E-state index contributed by atoms with van der Waals surface area (Å²) in [5.74, 6) is 0.808. The molecule has 140 valence electrons. The Kier molecular flexibility index (Phi) is 7.75. The maximum absolute atomic E-state index is 12.4. The van der Waals surface area contributed by atoms with E-state index in [4.69, 9.17) is 21.1 Å². The largest absolute Gasteiger partial charge is 0.490 e. The third kappa shape index (κ3) is 5.93. The molecule has 2 N–H and O–H groups in total. The summed E-state index contributed by atoms with van der Waals surface area (Å²) in [7, 11) is 1.61. The molecule has 5 nitrogen and oxygen atoms in total. The second-order valence-electron chi connectivity index (χ2n) is 6.22. The second kappa shape index (κ2) is 10.0. The van der Waals surface area contributed by atoms with Crippen molar-refractivity contribution < 1.29 is 14.3 Å². The van der Waals surface area contributed by atoms with Gasteiger partial charge in [-0.2, -0.15) is 0 Å². The van der Waals surface area contributed by atoms with Crippen LogP contribution in [0.15, 0.2) is 48.5 Å². The number of amides is 2. The van der Waals surface area contributed by atoms with Gasteiger partial charge in [0.25, 0.3) is 0 Å². The molecule has 0 spiro atoms. The molecule has 0 bridgehead atoms. The number of hydrogen-bond donors (Lipinski definition) is 2. The third-order valence-electron chi connectivity index (χ3n) is 3.85. The predicted molar refractivity (Wildman–Crippen MR) is 105 cm³/mol. The van der Waals surface area contributed by atoms with E-state index in [-0.39, 0.29) is 18.0 Å². The molecule has 0 saturated carbocycles. The lowest BCUT2D eigenvalue weighted by Crippen LogP contribution is -2.35. The average molecular weight is 377 g/mol.